The Kier molecular flexibility index (Phi) is 4.48. The number of thiazole rings is 1. The number of fused-ring (bicyclic) bond motifs is 1. The molecule has 0 aliphatic heterocycles. The Balaban J connectivity index is 2.31. The molecule has 2 aromatic rings. The smallest absolute Gasteiger partial charge is 0.239 e. The zero-order valence-electron chi connectivity index (χ0n) is 9.34. The number of carbonyl (C=O) groups excluding carboxylic acids is 1. The lowest BCUT2D eigenvalue weighted by Crippen LogP contribution is -2.21. The van der Waals surface area contributed by atoms with Crippen molar-refractivity contribution in [2.24, 2.45) is 0 Å². The van der Waals surface area contributed by atoms with Crippen LogP contribution in [0.1, 0.15) is 13.3 Å². The highest BCUT2D eigenvalue weighted by molar-refractivity contribution is 9.10. The Morgan fingerprint density at radius 3 is 2.94 bits per heavy atom. The molecule has 7 heteroatoms. The van der Waals surface area contributed by atoms with E-state index >= 15 is 0 Å². The zero-order chi connectivity index (χ0) is 13.3. The first-order valence-corrected chi connectivity index (χ1v) is 7.70. The van der Waals surface area contributed by atoms with E-state index in [4.69, 9.17) is 23.2 Å². The number of alkyl halides is 1. The van der Waals surface area contributed by atoms with Crippen molar-refractivity contribution in [1.29, 1.82) is 0 Å². The zero-order valence-corrected chi connectivity index (χ0v) is 13.3. The molecule has 96 valence electrons. The first-order chi connectivity index (χ1) is 8.51. The van der Waals surface area contributed by atoms with E-state index in [0.717, 1.165) is 4.70 Å². The predicted octanol–water partition coefficient (Wildman–Crippen LogP) is 4.72. The van der Waals surface area contributed by atoms with Crippen LogP contribution in [-0.2, 0) is 4.79 Å². The Hall–Kier alpha value is -0.360. The van der Waals surface area contributed by atoms with Gasteiger partial charge in [-0.2, -0.15) is 0 Å². The maximum absolute atomic E-state index is 11.7. The van der Waals surface area contributed by atoms with Gasteiger partial charge in [-0.05, 0) is 18.6 Å². The second kappa shape index (κ2) is 5.74. The van der Waals surface area contributed by atoms with Gasteiger partial charge < -0.3 is 5.32 Å². The van der Waals surface area contributed by atoms with Crippen molar-refractivity contribution in [1.82, 2.24) is 4.98 Å². The fourth-order valence-corrected chi connectivity index (χ4v) is 3.09. The molecule has 0 fully saturated rings. The van der Waals surface area contributed by atoms with Crippen LogP contribution in [0.15, 0.2) is 12.1 Å². The lowest BCUT2D eigenvalue weighted by atomic mass is 10.3. The van der Waals surface area contributed by atoms with Gasteiger partial charge >= 0.3 is 0 Å². The summed E-state index contributed by atoms with van der Waals surface area (Å²) in [6.45, 7) is 1.92. The number of halogens is 3. The number of rotatable bonds is 3. The first-order valence-electron chi connectivity index (χ1n) is 5.21. The van der Waals surface area contributed by atoms with Crippen molar-refractivity contribution in [2.75, 3.05) is 5.32 Å². The van der Waals surface area contributed by atoms with Crippen molar-refractivity contribution in [2.45, 2.75) is 18.2 Å². The van der Waals surface area contributed by atoms with Gasteiger partial charge in [0.1, 0.15) is 5.52 Å². The highest BCUT2D eigenvalue weighted by Crippen LogP contribution is 2.33. The Bertz CT molecular complexity index is 602. The van der Waals surface area contributed by atoms with Gasteiger partial charge in [0.05, 0.1) is 14.5 Å². The van der Waals surface area contributed by atoms with Crippen LogP contribution < -0.4 is 5.32 Å². The maximum atomic E-state index is 11.7. The highest BCUT2D eigenvalue weighted by atomic mass is 79.9. The summed E-state index contributed by atoms with van der Waals surface area (Å²) in [4.78, 5) is 15.8. The lowest BCUT2D eigenvalue weighted by Gasteiger charge is -2.04. The van der Waals surface area contributed by atoms with Crippen LogP contribution in [0.2, 0.25) is 10.0 Å². The molecule has 1 unspecified atom stereocenters. The fraction of sp³-hybridized carbons (Fsp3) is 0.273. The molecule has 0 saturated carbocycles. The molecule has 1 N–H and O–H groups in total. The summed E-state index contributed by atoms with van der Waals surface area (Å²) in [5.41, 5.74) is 0.656. The van der Waals surface area contributed by atoms with E-state index in [0.29, 0.717) is 27.1 Å². The Morgan fingerprint density at radius 2 is 2.28 bits per heavy atom. The third kappa shape index (κ3) is 2.96. The van der Waals surface area contributed by atoms with Gasteiger partial charge in [0, 0.05) is 5.02 Å². The third-order valence-electron chi connectivity index (χ3n) is 2.29. The molecule has 1 aromatic heterocycles. The number of hydrogen-bond acceptors (Lipinski definition) is 3. The normalized spacial score (nSPS) is 12.7. The predicted molar refractivity (Wildman–Crippen MR) is 81.3 cm³/mol. The molecule has 0 bridgehead atoms. The van der Waals surface area contributed by atoms with Crippen molar-refractivity contribution < 1.29 is 4.79 Å². The van der Waals surface area contributed by atoms with Crippen LogP contribution in [0.25, 0.3) is 10.2 Å². The van der Waals surface area contributed by atoms with E-state index in [2.05, 4.69) is 26.2 Å². The molecule has 0 spiro atoms. The molecule has 0 radical (unpaired) electrons. The van der Waals surface area contributed by atoms with Crippen LogP contribution in [-0.4, -0.2) is 15.7 Å². The maximum Gasteiger partial charge on any atom is 0.239 e. The van der Waals surface area contributed by atoms with Crippen LogP contribution in [0, 0.1) is 0 Å². The minimum Gasteiger partial charge on any atom is -0.301 e. The molecule has 18 heavy (non-hydrogen) atoms. The average molecular weight is 368 g/mol. The monoisotopic (exact) mass is 366 g/mol. The molecule has 1 aromatic carbocycles. The van der Waals surface area contributed by atoms with Crippen molar-refractivity contribution in [3.8, 4) is 0 Å². The van der Waals surface area contributed by atoms with E-state index in [9.17, 15) is 4.79 Å². The summed E-state index contributed by atoms with van der Waals surface area (Å²) in [5, 5.41) is 4.32. The summed E-state index contributed by atoms with van der Waals surface area (Å²) < 4.78 is 0.852. The summed E-state index contributed by atoms with van der Waals surface area (Å²) in [7, 11) is 0. The minimum atomic E-state index is -0.219. The van der Waals surface area contributed by atoms with Crippen LogP contribution in [0.4, 0.5) is 5.13 Å². The Labute approximate surface area is 127 Å². The van der Waals surface area contributed by atoms with E-state index in [1.807, 2.05) is 6.92 Å². The molecule has 0 saturated heterocycles. The molecule has 2 rings (SSSR count). The molecule has 1 amide bonds. The van der Waals surface area contributed by atoms with Crippen LogP contribution in [0.5, 0.6) is 0 Å². The molecular weight excluding hydrogens is 359 g/mol. The fourth-order valence-electron chi connectivity index (χ4n) is 1.38. The van der Waals surface area contributed by atoms with Gasteiger partial charge in [-0.25, -0.2) is 4.98 Å². The summed E-state index contributed by atoms with van der Waals surface area (Å²) in [5.74, 6) is -0.112. The van der Waals surface area contributed by atoms with E-state index < -0.39 is 0 Å². The first kappa shape index (κ1) is 14.1. The van der Waals surface area contributed by atoms with Crippen LogP contribution >= 0.6 is 50.5 Å². The largest absolute Gasteiger partial charge is 0.301 e. The number of carbonyl (C=O) groups is 1. The molecule has 0 aliphatic carbocycles. The van der Waals surface area contributed by atoms with Crippen molar-refractivity contribution >= 4 is 71.7 Å². The second-order valence-corrected chi connectivity index (χ2v) is 6.60. The van der Waals surface area contributed by atoms with E-state index in [-0.39, 0.29) is 10.7 Å². The highest BCUT2D eigenvalue weighted by Gasteiger charge is 2.15. The minimum absolute atomic E-state index is 0.112. The Morgan fingerprint density at radius 1 is 1.56 bits per heavy atom. The molecule has 3 nitrogen and oxygen atoms in total. The quantitative estimate of drug-likeness (QED) is 0.797. The number of benzene rings is 1. The topological polar surface area (TPSA) is 42.0 Å². The van der Waals surface area contributed by atoms with Gasteiger partial charge in [-0.1, -0.05) is 57.4 Å². The van der Waals surface area contributed by atoms with Crippen molar-refractivity contribution in [3.05, 3.63) is 22.2 Å². The number of hydrogen-bond donors (Lipinski definition) is 1. The number of nitrogens with one attached hydrogen (secondary N) is 1. The molecule has 1 heterocycles. The summed E-state index contributed by atoms with van der Waals surface area (Å²) >= 11 is 16.6. The molecule has 1 atom stereocenters. The third-order valence-corrected chi connectivity index (χ3v) is 4.77. The standard InChI is InChI=1S/C11H9BrCl2N2OS/c1-2-6(12)10(17)16-11-15-9-7(14)3-5(13)4-8(9)18-11/h3-4,6H,2H2,1H3,(H,15,16,17). The van der Waals surface area contributed by atoms with Crippen molar-refractivity contribution in [3.63, 3.8) is 0 Å². The summed E-state index contributed by atoms with van der Waals surface area (Å²) in [6.07, 6.45) is 0.712. The number of aromatic nitrogens is 1. The molecule has 0 aliphatic rings. The SMILES string of the molecule is CCC(Br)C(=O)Nc1nc2c(Cl)cc(Cl)cc2s1. The number of anilines is 1. The van der Waals surface area contributed by atoms with Gasteiger partial charge in [0.2, 0.25) is 5.91 Å². The lowest BCUT2D eigenvalue weighted by molar-refractivity contribution is -0.115. The van der Waals surface area contributed by atoms with Gasteiger partial charge in [0.25, 0.3) is 0 Å². The molecular formula is C11H9BrCl2N2OS. The number of nitrogens with zero attached hydrogens (tertiary/aromatic N) is 1. The number of amides is 1. The van der Waals surface area contributed by atoms with Gasteiger partial charge in [-0.3, -0.25) is 4.79 Å². The van der Waals surface area contributed by atoms with Gasteiger partial charge in [-0.15, -0.1) is 0 Å². The average Bonchev–Trinajstić information content (AvgIpc) is 2.70. The summed E-state index contributed by atoms with van der Waals surface area (Å²) in [6, 6.07) is 3.41. The second-order valence-electron chi connectivity index (χ2n) is 3.62. The van der Waals surface area contributed by atoms with Crippen LogP contribution in [0.3, 0.4) is 0 Å². The van der Waals surface area contributed by atoms with E-state index in [1.165, 1.54) is 11.3 Å². The van der Waals surface area contributed by atoms with Gasteiger partial charge in [0.15, 0.2) is 5.13 Å². The van der Waals surface area contributed by atoms with E-state index in [1.54, 1.807) is 12.1 Å².